The highest BCUT2D eigenvalue weighted by atomic mass is 35.5. The van der Waals surface area contributed by atoms with Crippen molar-refractivity contribution in [3.05, 3.63) is 82.4 Å². The first kappa shape index (κ1) is 21.8. The predicted octanol–water partition coefficient (Wildman–Crippen LogP) is 6.24. The van der Waals surface area contributed by atoms with E-state index in [-0.39, 0.29) is 0 Å². The molecule has 0 spiro atoms. The summed E-state index contributed by atoms with van der Waals surface area (Å²) in [4.78, 5) is 16.9. The minimum Gasteiger partial charge on any atom is -0.496 e. The van der Waals surface area contributed by atoms with Crippen LogP contribution in [0.5, 0.6) is 5.75 Å². The Morgan fingerprint density at radius 2 is 1.88 bits per heavy atom. The van der Waals surface area contributed by atoms with Crippen LogP contribution in [0, 0.1) is 13.8 Å². The van der Waals surface area contributed by atoms with Crippen LogP contribution in [0.4, 0.5) is 11.6 Å². The average Bonchev–Trinajstić information content (AvgIpc) is 3.22. The topological polar surface area (TPSA) is 75.7 Å². The second-order valence-corrected chi connectivity index (χ2v) is 8.35. The first-order chi connectivity index (χ1) is 15.4. The molecule has 6 nitrogen and oxygen atoms in total. The van der Waals surface area contributed by atoms with E-state index in [2.05, 4.69) is 39.3 Å². The van der Waals surface area contributed by atoms with E-state index in [0.29, 0.717) is 17.6 Å². The number of anilines is 2. The minimum atomic E-state index is 0.310. The number of imidazole rings is 1. The fourth-order valence-electron chi connectivity index (χ4n) is 3.59. The van der Waals surface area contributed by atoms with Gasteiger partial charge in [-0.3, -0.25) is 0 Å². The van der Waals surface area contributed by atoms with E-state index in [0.717, 1.165) is 45.5 Å². The van der Waals surface area contributed by atoms with Gasteiger partial charge in [0.2, 0.25) is 5.95 Å². The van der Waals surface area contributed by atoms with Crippen LogP contribution in [-0.2, 0) is 6.42 Å². The molecule has 164 valence electrons. The van der Waals surface area contributed by atoms with Crippen molar-refractivity contribution in [2.45, 2.75) is 33.1 Å². The van der Waals surface area contributed by atoms with E-state index in [9.17, 15) is 0 Å². The molecule has 2 N–H and O–H groups in total. The van der Waals surface area contributed by atoms with Gasteiger partial charge in [-0.15, -0.1) is 0 Å². The van der Waals surface area contributed by atoms with Crippen LogP contribution < -0.4 is 10.1 Å². The Bertz CT molecular complexity index is 1220. The third-order valence-electron chi connectivity index (χ3n) is 5.43. The number of aromatic amines is 1. The molecule has 0 fully saturated rings. The second kappa shape index (κ2) is 9.40. The van der Waals surface area contributed by atoms with Crippen molar-refractivity contribution >= 4 is 23.2 Å². The SMILES string of the molecule is COc1cc(Nc2ncc(C)c(CC(C)c3ccc(Cl)cc3)n2)ccc1-c1nc(C)c[nH]1. The van der Waals surface area contributed by atoms with Crippen LogP contribution >= 0.6 is 11.6 Å². The zero-order valence-corrected chi connectivity index (χ0v) is 19.4. The highest BCUT2D eigenvalue weighted by Gasteiger charge is 2.13. The molecule has 2 aromatic heterocycles. The Morgan fingerprint density at radius 1 is 1.09 bits per heavy atom. The Morgan fingerprint density at radius 3 is 2.56 bits per heavy atom. The summed E-state index contributed by atoms with van der Waals surface area (Å²) in [7, 11) is 1.65. The number of rotatable bonds is 7. The summed E-state index contributed by atoms with van der Waals surface area (Å²) in [6, 6.07) is 13.8. The van der Waals surface area contributed by atoms with E-state index < -0.39 is 0 Å². The molecule has 0 aliphatic heterocycles. The summed E-state index contributed by atoms with van der Waals surface area (Å²) in [6.45, 7) is 6.18. The number of ether oxygens (including phenoxy) is 1. The van der Waals surface area contributed by atoms with Crippen molar-refractivity contribution in [1.29, 1.82) is 0 Å². The average molecular weight is 448 g/mol. The molecule has 2 heterocycles. The fraction of sp³-hybridized carbons (Fsp3) is 0.240. The van der Waals surface area contributed by atoms with Crippen LogP contribution in [0.25, 0.3) is 11.4 Å². The van der Waals surface area contributed by atoms with Crippen LogP contribution in [0.15, 0.2) is 54.9 Å². The third-order valence-corrected chi connectivity index (χ3v) is 5.69. The van der Waals surface area contributed by atoms with Crippen molar-refractivity contribution in [3.63, 3.8) is 0 Å². The fourth-order valence-corrected chi connectivity index (χ4v) is 3.71. The van der Waals surface area contributed by atoms with Crippen molar-refractivity contribution in [3.8, 4) is 17.1 Å². The number of nitrogens with zero attached hydrogens (tertiary/aromatic N) is 3. The van der Waals surface area contributed by atoms with Gasteiger partial charge in [0, 0.05) is 34.9 Å². The molecular formula is C25H26ClN5O. The number of halogens is 1. The van der Waals surface area contributed by atoms with Crippen molar-refractivity contribution in [1.82, 2.24) is 19.9 Å². The summed E-state index contributed by atoms with van der Waals surface area (Å²) in [5.74, 6) is 2.35. The molecule has 0 saturated carbocycles. The summed E-state index contributed by atoms with van der Waals surface area (Å²) in [6.07, 6.45) is 4.54. The maximum absolute atomic E-state index is 6.02. The number of benzene rings is 2. The smallest absolute Gasteiger partial charge is 0.227 e. The van der Waals surface area contributed by atoms with E-state index in [1.807, 2.05) is 56.6 Å². The van der Waals surface area contributed by atoms with Gasteiger partial charge in [-0.05, 0) is 61.6 Å². The molecule has 0 aliphatic carbocycles. The quantitative estimate of drug-likeness (QED) is 0.351. The molecule has 2 aromatic carbocycles. The maximum Gasteiger partial charge on any atom is 0.227 e. The molecule has 1 unspecified atom stereocenters. The van der Waals surface area contributed by atoms with Crippen molar-refractivity contribution in [2.75, 3.05) is 12.4 Å². The lowest BCUT2D eigenvalue weighted by atomic mass is 9.95. The first-order valence-electron chi connectivity index (χ1n) is 10.5. The Hall–Kier alpha value is -3.38. The summed E-state index contributed by atoms with van der Waals surface area (Å²) in [5.41, 5.74) is 5.98. The Balaban J connectivity index is 1.54. The molecule has 0 aliphatic rings. The van der Waals surface area contributed by atoms with Gasteiger partial charge in [0.15, 0.2) is 0 Å². The van der Waals surface area contributed by atoms with E-state index in [1.165, 1.54) is 5.56 Å². The monoisotopic (exact) mass is 447 g/mol. The molecule has 0 bridgehead atoms. The number of methoxy groups -OCH3 is 1. The number of hydrogen-bond acceptors (Lipinski definition) is 5. The largest absolute Gasteiger partial charge is 0.496 e. The lowest BCUT2D eigenvalue weighted by Gasteiger charge is -2.15. The summed E-state index contributed by atoms with van der Waals surface area (Å²) in [5, 5.41) is 4.05. The van der Waals surface area contributed by atoms with Gasteiger partial charge >= 0.3 is 0 Å². The standard InChI is InChI=1S/C25H26ClN5O/c1-15(18-5-7-19(26)8-6-18)11-22-16(2)13-28-25(31-22)30-20-9-10-21(23(12-20)32-4)24-27-14-17(3)29-24/h5-10,12-15H,11H2,1-4H3,(H,27,29)(H,28,30,31). The molecule has 32 heavy (non-hydrogen) atoms. The molecule has 0 amide bonds. The van der Waals surface area contributed by atoms with Crippen LogP contribution in [0.2, 0.25) is 5.02 Å². The molecular weight excluding hydrogens is 422 g/mol. The minimum absolute atomic E-state index is 0.310. The third kappa shape index (κ3) is 4.92. The zero-order valence-electron chi connectivity index (χ0n) is 18.6. The van der Waals surface area contributed by atoms with Gasteiger partial charge in [0.1, 0.15) is 11.6 Å². The lowest BCUT2D eigenvalue weighted by molar-refractivity contribution is 0.416. The van der Waals surface area contributed by atoms with E-state index >= 15 is 0 Å². The molecule has 0 saturated heterocycles. The number of aromatic nitrogens is 4. The molecule has 7 heteroatoms. The van der Waals surface area contributed by atoms with E-state index in [4.69, 9.17) is 21.3 Å². The first-order valence-corrected chi connectivity index (χ1v) is 10.9. The number of H-pyrrole nitrogens is 1. The lowest BCUT2D eigenvalue weighted by Crippen LogP contribution is -2.06. The summed E-state index contributed by atoms with van der Waals surface area (Å²) >= 11 is 6.02. The normalized spacial score (nSPS) is 11.9. The van der Waals surface area contributed by atoms with E-state index in [1.54, 1.807) is 7.11 Å². The van der Waals surface area contributed by atoms with Gasteiger partial charge < -0.3 is 15.0 Å². The highest BCUT2D eigenvalue weighted by molar-refractivity contribution is 6.30. The second-order valence-electron chi connectivity index (χ2n) is 7.91. The highest BCUT2D eigenvalue weighted by Crippen LogP contribution is 2.31. The Kier molecular flexibility index (Phi) is 6.42. The van der Waals surface area contributed by atoms with Gasteiger partial charge in [-0.2, -0.15) is 0 Å². The zero-order chi connectivity index (χ0) is 22.7. The van der Waals surface area contributed by atoms with Gasteiger partial charge in [0.25, 0.3) is 0 Å². The van der Waals surface area contributed by atoms with Crippen molar-refractivity contribution in [2.24, 2.45) is 0 Å². The van der Waals surface area contributed by atoms with Crippen LogP contribution in [0.3, 0.4) is 0 Å². The summed E-state index contributed by atoms with van der Waals surface area (Å²) < 4.78 is 5.59. The van der Waals surface area contributed by atoms with Gasteiger partial charge in [-0.1, -0.05) is 30.7 Å². The van der Waals surface area contributed by atoms with Crippen LogP contribution in [0.1, 0.15) is 35.4 Å². The molecule has 4 rings (SSSR count). The molecule has 4 aromatic rings. The molecule has 0 radical (unpaired) electrons. The Labute approximate surface area is 193 Å². The van der Waals surface area contributed by atoms with Gasteiger partial charge in [0.05, 0.1) is 18.4 Å². The number of nitrogens with one attached hydrogen (secondary N) is 2. The van der Waals surface area contributed by atoms with Gasteiger partial charge in [-0.25, -0.2) is 15.0 Å². The van der Waals surface area contributed by atoms with Crippen molar-refractivity contribution < 1.29 is 4.74 Å². The van der Waals surface area contributed by atoms with Crippen LogP contribution in [-0.4, -0.2) is 27.0 Å². The predicted molar refractivity (Wildman–Crippen MR) is 129 cm³/mol. The number of hydrogen-bond donors (Lipinski definition) is 2. The maximum atomic E-state index is 6.02. The number of aryl methyl sites for hydroxylation is 2. The molecule has 1 atom stereocenters.